The average Bonchev–Trinajstić information content (AvgIpc) is 2.15. The zero-order chi connectivity index (χ0) is 10.8. The van der Waals surface area contributed by atoms with E-state index in [4.69, 9.17) is 5.26 Å². The van der Waals surface area contributed by atoms with Crippen LogP contribution in [0.2, 0.25) is 0 Å². The smallest absolute Gasteiger partial charge is 0.176 e. The lowest BCUT2D eigenvalue weighted by Crippen LogP contribution is -2.00. The van der Waals surface area contributed by atoms with Gasteiger partial charge in [0.25, 0.3) is 0 Å². The molecule has 74 valence electrons. The van der Waals surface area contributed by atoms with Crippen LogP contribution in [0.25, 0.3) is 0 Å². The van der Waals surface area contributed by atoms with Gasteiger partial charge in [0.1, 0.15) is 6.07 Å². The third-order valence-electron chi connectivity index (χ3n) is 1.70. The molecule has 0 bridgehead atoms. The minimum Gasteiger partial charge on any atom is -0.224 e. The molecule has 0 radical (unpaired) electrons. The summed E-state index contributed by atoms with van der Waals surface area (Å²) >= 11 is 1.27. The van der Waals surface area contributed by atoms with E-state index in [9.17, 15) is 8.42 Å². The van der Waals surface area contributed by atoms with E-state index >= 15 is 0 Å². The van der Waals surface area contributed by atoms with Crippen molar-refractivity contribution >= 4 is 21.6 Å². The molecule has 0 unspecified atom stereocenters. The van der Waals surface area contributed by atoms with E-state index in [0.29, 0.717) is 10.5 Å². The molecule has 0 aliphatic rings. The second-order valence-corrected chi connectivity index (χ2v) is 5.52. The Morgan fingerprint density at radius 1 is 1.43 bits per heavy atom. The number of nitrogens with zero attached hydrogens (tertiary/aromatic N) is 1. The molecule has 0 aliphatic heterocycles. The summed E-state index contributed by atoms with van der Waals surface area (Å²) < 4.78 is 22.7. The molecule has 0 heterocycles. The van der Waals surface area contributed by atoms with Gasteiger partial charge in [0, 0.05) is 11.2 Å². The molecule has 1 rings (SSSR count). The fourth-order valence-electron chi connectivity index (χ4n) is 1.11. The van der Waals surface area contributed by atoms with Crippen molar-refractivity contribution in [2.24, 2.45) is 0 Å². The Balaban J connectivity index is 3.55. The molecule has 0 aliphatic carbocycles. The van der Waals surface area contributed by atoms with Gasteiger partial charge in [0.2, 0.25) is 0 Å². The van der Waals surface area contributed by atoms with Crippen LogP contribution in [-0.2, 0) is 9.84 Å². The van der Waals surface area contributed by atoms with Crippen molar-refractivity contribution in [3.05, 3.63) is 23.8 Å². The highest BCUT2D eigenvalue weighted by Crippen LogP contribution is 2.27. The second-order valence-electron chi connectivity index (χ2n) is 2.72. The average molecular weight is 227 g/mol. The van der Waals surface area contributed by atoms with E-state index in [2.05, 4.69) is 0 Å². The van der Waals surface area contributed by atoms with Crippen molar-refractivity contribution in [3.63, 3.8) is 0 Å². The molecule has 0 saturated heterocycles. The lowest BCUT2D eigenvalue weighted by atomic mass is 10.2. The van der Waals surface area contributed by atoms with Gasteiger partial charge in [-0.15, -0.1) is 11.8 Å². The molecule has 3 nitrogen and oxygen atoms in total. The molecule has 0 spiro atoms. The highest BCUT2D eigenvalue weighted by molar-refractivity contribution is 7.99. The topological polar surface area (TPSA) is 57.9 Å². The van der Waals surface area contributed by atoms with Gasteiger partial charge in [-0.05, 0) is 18.4 Å². The molecular formula is C9H9NO2S2. The van der Waals surface area contributed by atoms with Crippen molar-refractivity contribution in [1.29, 1.82) is 5.26 Å². The van der Waals surface area contributed by atoms with Crippen molar-refractivity contribution in [1.82, 2.24) is 0 Å². The first kappa shape index (κ1) is 11.1. The number of benzene rings is 1. The van der Waals surface area contributed by atoms with Crippen LogP contribution in [0, 0.1) is 11.3 Å². The first-order chi connectivity index (χ1) is 6.50. The number of thioether (sulfide) groups is 1. The molecule has 0 aromatic heterocycles. The Labute approximate surface area is 87.7 Å². The molecule has 0 fully saturated rings. The Hall–Kier alpha value is -0.990. The van der Waals surface area contributed by atoms with E-state index in [1.807, 2.05) is 6.07 Å². The quantitative estimate of drug-likeness (QED) is 0.721. The van der Waals surface area contributed by atoms with Gasteiger partial charge in [0.05, 0.1) is 10.5 Å². The summed E-state index contributed by atoms with van der Waals surface area (Å²) in [4.78, 5) is 0.751. The molecule has 1 aromatic rings. The maximum absolute atomic E-state index is 11.4. The summed E-state index contributed by atoms with van der Waals surface area (Å²) in [5.41, 5.74) is 0.403. The third kappa shape index (κ3) is 2.08. The van der Waals surface area contributed by atoms with Crippen LogP contribution in [0.4, 0.5) is 0 Å². The Bertz CT molecular complexity index is 486. The van der Waals surface area contributed by atoms with E-state index in [-0.39, 0.29) is 4.90 Å². The maximum atomic E-state index is 11.4. The third-order valence-corrected chi connectivity index (χ3v) is 3.82. The van der Waals surface area contributed by atoms with Crippen LogP contribution < -0.4 is 0 Å². The van der Waals surface area contributed by atoms with E-state index in [1.54, 1.807) is 18.4 Å². The van der Waals surface area contributed by atoms with Gasteiger partial charge in [0.15, 0.2) is 9.84 Å². The maximum Gasteiger partial charge on any atom is 0.176 e. The van der Waals surface area contributed by atoms with Gasteiger partial charge in [-0.25, -0.2) is 8.42 Å². The molecule has 5 heteroatoms. The highest BCUT2D eigenvalue weighted by atomic mass is 32.2. The van der Waals surface area contributed by atoms with Gasteiger partial charge in [-0.1, -0.05) is 6.07 Å². The number of hydrogen-bond donors (Lipinski definition) is 0. The summed E-state index contributed by atoms with van der Waals surface area (Å²) in [5, 5.41) is 8.78. The molecule has 14 heavy (non-hydrogen) atoms. The molecule has 1 aromatic carbocycles. The van der Waals surface area contributed by atoms with Crippen LogP contribution >= 0.6 is 11.8 Å². The number of nitriles is 1. The van der Waals surface area contributed by atoms with Crippen LogP contribution in [0.3, 0.4) is 0 Å². The van der Waals surface area contributed by atoms with Crippen LogP contribution in [0.1, 0.15) is 5.56 Å². The number of sulfone groups is 1. The zero-order valence-electron chi connectivity index (χ0n) is 7.81. The molecule has 0 N–H and O–H groups in total. The molecule has 0 amide bonds. The van der Waals surface area contributed by atoms with Crippen molar-refractivity contribution in [2.45, 2.75) is 9.79 Å². The van der Waals surface area contributed by atoms with Gasteiger partial charge < -0.3 is 0 Å². The standard InChI is InChI=1S/C9H9NO2S2/c1-13-9-7(6-10)4-3-5-8(9)14(2,11)12/h3-5H,1-2H3. The van der Waals surface area contributed by atoms with E-state index in [1.165, 1.54) is 17.8 Å². The molecule has 0 atom stereocenters. The van der Waals surface area contributed by atoms with Crippen LogP contribution in [0.5, 0.6) is 0 Å². The fourth-order valence-corrected chi connectivity index (χ4v) is 3.19. The van der Waals surface area contributed by atoms with Crippen LogP contribution in [-0.4, -0.2) is 20.9 Å². The predicted molar refractivity (Wildman–Crippen MR) is 56.0 cm³/mol. The molecular weight excluding hydrogens is 218 g/mol. The minimum atomic E-state index is -3.25. The largest absolute Gasteiger partial charge is 0.224 e. The van der Waals surface area contributed by atoms with E-state index in [0.717, 1.165) is 6.26 Å². The van der Waals surface area contributed by atoms with E-state index < -0.39 is 9.84 Å². The first-order valence-corrected chi connectivity index (χ1v) is 6.89. The zero-order valence-corrected chi connectivity index (χ0v) is 9.45. The summed E-state index contributed by atoms with van der Waals surface area (Å²) in [5.74, 6) is 0. The summed E-state index contributed by atoms with van der Waals surface area (Å²) in [6.07, 6.45) is 2.90. The second kappa shape index (κ2) is 4.03. The van der Waals surface area contributed by atoms with Gasteiger partial charge >= 0.3 is 0 Å². The SMILES string of the molecule is CSc1c(C#N)cccc1S(C)(=O)=O. The normalized spacial score (nSPS) is 10.9. The lowest BCUT2D eigenvalue weighted by molar-refractivity contribution is 0.600. The molecule has 0 saturated carbocycles. The Morgan fingerprint density at radius 2 is 2.07 bits per heavy atom. The van der Waals surface area contributed by atoms with Gasteiger partial charge in [-0.2, -0.15) is 5.26 Å². The monoisotopic (exact) mass is 227 g/mol. The Kier molecular flexibility index (Phi) is 3.19. The van der Waals surface area contributed by atoms with Crippen molar-refractivity contribution in [3.8, 4) is 6.07 Å². The predicted octanol–water partition coefficient (Wildman–Crippen LogP) is 1.68. The number of hydrogen-bond acceptors (Lipinski definition) is 4. The summed E-state index contributed by atoms with van der Waals surface area (Å²) in [7, 11) is -3.25. The van der Waals surface area contributed by atoms with Crippen molar-refractivity contribution < 1.29 is 8.42 Å². The fraction of sp³-hybridized carbons (Fsp3) is 0.222. The summed E-state index contributed by atoms with van der Waals surface area (Å²) in [6, 6.07) is 6.68. The number of rotatable bonds is 2. The highest BCUT2D eigenvalue weighted by Gasteiger charge is 2.15. The summed E-state index contributed by atoms with van der Waals surface area (Å²) in [6.45, 7) is 0. The van der Waals surface area contributed by atoms with Crippen molar-refractivity contribution in [2.75, 3.05) is 12.5 Å². The minimum absolute atomic E-state index is 0.226. The lowest BCUT2D eigenvalue weighted by Gasteiger charge is -2.05. The first-order valence-electron chi connectivity index (χ1n) is 3.78. The van der Waals surface area contributed by atoms with Crippen LogP contribution in [0.15, 0.2) is 28.0 Å². The Morgan fingerprint density at radius 3 is 2.50 bits per heavy atom. The van der Waals surface area contributed by atoms with Gasteiger partial charge in [-0.3, -0.25) is 0 Å².